The molecule has 28 heavy (non-hydrogen) atoms. The Morgan fingerprint density at radius 2 is 1.21 bits per heavy atom. The summed E-state index contributed by atoms with van der Waals surface area (Å²) in [4.78, 5) is 0. The van der Waals surface area contributed by atoms with Crippen molar-refractivity contribution in [3.05, 3.63) is 60.7 Å². The molecule has 1 unspecified atom stereocenters. The molecule has 0 heterocycles. The fourth-order valence-electron chi connectivity index (χ4n) is 3.66. The van der Waals surface area contributed by atoms with Crippen molar-refractivity contribution in [3.8, 4) is 0 Å². The van der Waals surface area contributed by atoms with E-state index in [0.717, 1.165) is 19.3 Å². The summed E-state index contributed by atoms with van der Waals surface area (Å²) in [6.45, 7) is 3.89. The number of hydrogen-bond acceptors (Lipinski definition) is 1. The van der Waals surface area contributed by atoms with E-state index in [1.807, 2.05) is 36.4 Å². The molecule has 0 nitrogen and oxygen atoms in total. The monoisotopic (exact) mass is 422 g/mol. The predicted molar refractivity (Wildman–Crippen MR) is 123 cm³/mol. The van der Waals surface area contributed by atoms with Crippen LogP contribution in [-0.2, 0) is 11.8 Å². The number of hydrogen-bond donors (Lipinski definition) is 0. The standard InChI is InChI=1S/C24H33F2PS/c1-3-4-5-6-7-8-11-16-21(2)24(25,26)27(28,22-17-12-9-13-18-22)23-19-14-10-15-20-23/h9-10,12-15,17-21H,3-8,11,16H2,1-2H3. The molecule has 0 fully saturated rings. The smallest absolute Gasteiger partial charge is 0.200 e. The van der Waals surface area contributed by atoms with E-state index in [1.54, 1.807) is 31.2 Å². The van der Waals surface area contributed by atoms with Gasteiger partial charge in [-0.3, -0.25) is 0 Å². The van der Waals surface area contributed by atoms with Gasteiger partial charge in [-0.1, -0.05) is 131 Å². The van der Waals surface area contributed by atoms with E-state index in [1.165, 1.54) is 25.7 Å². The second-order valence-corrected chi connectivity index (χ2v) is 12.2. The van der Waals surface area contributed by atoms with Gasteiger partial charge in [0.25, 0.3) is 5.66 Å². The molecule has 0 aliphatic carbocycles. The number of rotatable bonds is 12. The second kappa shape index (κ2) is 11.2. The van der Waals surface area contributed by atoms with Crippen LogP contribution in [0.3, 0.4) is 0 Å². The van der Waals surface area contributed by atoms with E-state index in [0.29, 0.717) is 17.0 Å². The average Bonchev–Trinajstić information content (AvgIpc) is 2.73. The third-order valence-corrected chi connectivity index (χ3v) is 10.8. The van der Waals surface area contributed by atoms with Crippen molar-refractivity contribution >= 4 is 28.5 Å². The largest absolute Gasteiger partial charge is 0.283 e. The Bertz CT molecular complexity index is 687. The predicted octanol–water partition coefficient (Wildman–Crippen LogP) is 7.49. The molecule has 2 aromatic rings. The summed E-state index contributed by atoms with van der Waals surface area (Å²) in [5.41, 5.74) is -2.91. The second-order valence-electron chi connectivity index (χ2n) is 7.68. The Balaban J connectivity index is 2.14. The Labute approximate surface area is 174 Å². The fraction of sp³-hybridized carbons (Fsp3) is 0.500. The van der Waals surface area contributed by atoms with Crippen LogP contribution in [0.25, 0.3) is 0 Å². The van der Waals surface area contributed by atoms with Crippen LogP contribution in [0.15, 0.2) is 60.7 Å². The molecule has 0 saturated carbocycles. The summed E-state index contributed by atoms with van der Waals surface area (Å²) in [7, 11) is 0. The molecule has 0 radical (unpaired) electrons. The SMILES string of the molecule is CCCCCCCCCC(C)C(F)(F)P(=S)(c1ccccc1)c1ccccc1. The van der Waals surface area contributed by atoms with Crippen molar-refractivity contribution in [3.63, 3.8) is 0 Å². The van der Waals surface area contributed by atoms with Crippen molar-refractivity contribution in [2.75, 3.05) is 0 Å². The maximum atomic E-state index is 15.9. The number of halogens is 2. The fourth-order valence-corrected chi connectivity index (χ4v) is 7.85. The molecule has 2 aromatic carbocycles. The highest BCUT2D eigenvalue weighted by Gasteiger charge is 2.51. The number of unbranched alkanes of at least 4 members (excludes halogenated alkanes) is 6. The van der Waals surface area contributed by atoms with Gasteiger partial charge < -0.3 is 0 Å². The quantitative estimate of drug-likeness (QED) is 0.252. The van der Waals surface area contributed by atoms with E-state index in [9.17, 15) is 0 Å². The molecule has 2 rings (SSSR count). The first-order chi connectivity index (χ1) is 13.4. The van der Waals surface area contributed by atoms with Crippen molar-refractivity contribution in [1.82, 2.24) is 0 Å². The minimum Gasteiger partial charge on any atom is -0.200 e. The maximum Gasteiger partial charge on any atom is 0.283 e. The normalized spacial score (nSPS) is 13.4. The van der Waals surface area contributed by atoms with Crippen LogP contribution in [0.4, 0.5) is 8.78 Å². The first-order valence-corrected chi connectivity index (χ1v) is 13.3. The Morgan fingerprint density at radius 3 is 1.68 bits per heavy atom. The van der Waals surface area contributed by atoms with Gasteiger partial charge >= 0.3 is 0 Å². The number of benzene rings is 2. The van der Waals surface area contributed by atoms with Gasteiger partial charge in [0.1, 0.15) is 0 Å². The lowest BCUT2D eigenvalue weighted by Crippen LogP contribution is -2.36. The molecule has 4 heteroatoms. The summed E-state index contributed by atoms with van der Waals surface area (Å²) >= 11 is 5.86. The lowest BCUT2D eigenvalue weighted by molar-refractivity contribution is 0.0355. The molecule has 0 amide bonds. The summed E-state index contributed by atoms with van der Waals surface area (Å²) in [5.74, 6) is -0.727. The van der Waals surface area contributed by atoms with Gasteiger partial charge in [0.05, 0.1) is 6.04 Å². The topological polar surface area (TPSA) is 0 Å². The van der Waals surface area contributed by atoms with Gasteiger partial charge in [-0.25, -0.2) is 0 Å². The molecule has 0 bridgehead atoms. The molecule has 1 atom stereocenters. The minimum atomic E-state index is -3.25. The highest BCUT2D eigenvalue weighted by molar-refractivity contribution is 8.22. The molecule has 0 aromatic heterocycles. The van der Waals surface area contributed by atoms with Gasteiger partial charge in [-0.15, -0.1) is 0 Å². The highest BCUT2D eigenvalue weighted by atomic mass is 32.4. The van der Waals surface area contributed by atoms with E-state index in [4.69, 9.17) is 11.8 Å². The molecule has 0 aliphatic rings. The third-order valence-electron chi connectivity index (χ3n) is 5.49. The van der Waals surface area contributed by atoms with Crippen molar-refractivity contribution in [2.45, 2.75) is 70.9 Å². The van der Waals surface area contributed by atoms with E-state index < -0.39 is 17.6 Å². The lowest BCUT2D eigenvalue weighted by Gasteiger charge is -2.36. The van der Waals surface area contributed by atoms with Gasteiger partial charge in [-0.2, -0.15) is 8.78 Å². The van der Waals surface area contributed by atoms with E-state index >= 15 is 8.78 Å². The molecule has 0 spiro atoms. The molecule has 154 valence electrons. The zero-order valence-electron chi connectivity index (χ0n) is 17.1. The summed E-state index contributed by atoms with van der Waals surface area (Å²) in [5, 5.41) is 1.21. The molecular formula is C24H33F2PS. The van der Waals surface area contributed by atoms with Crippen LogP contribution in [0.2, 0.25) is 0 Å². The number of alkyl halides is 2. The van der Waals surface area contributed by atoms with Gasteiger partial charge in [0, 0.05) is 5.92 Å². The van der Waals surface area contributed by atoms with E-state index in [2.05, 4.69) is 6.92 Å². The summed E-state index contributed by atoms with van der Waals surface area (Å²) < 4.78 is 31.7. The van der Waals surface area contributed by atoms with Crippen LogP contribution >= 0.6 is 6.04 Å². The Hall–Kier alpha value is -1.05. The van der Waals surface area contributed by atoms with Crippen molar-refractivity contribution in [2.24, 2.45) is 5.92 Å². The van der Waals surface area contributed by atoms with Gasteiger partial charge in [-0.05, 0) is 17.0 Å². The van der Waals surface area contributed by atoms with Gasteiger partial charge in [0.2, 0.25) is 0 Å². The minimum absolute atomic E-state index is 0.527. The molecular weight excluding hydrogens is 389 g/mol. The Kier molecular flexibility index (Phi) is 9.31. The lowest BCUT2D eigenvalue weighted by atomic mass is 10.0. The molecule has 0 saturated heterocycles. The Morgan fingerprint density at radius 1 is 0.786 bits per heavy atom. The van der Waals surface area contributed by atoms with Crippen LogP contribution < -0.4 is 10.6 Å². The first kappa shape index (κ1) is 23.2. The van der Waals surface area contributed by atoms with E-state index in [-0.39, 0.29) is 0 Å². The zero-order valence-corrected chi connectivity index (χ0v) is 18.8. The molecule has 0 aliphatic heterocycles. The average molecular weight is 423 g/mol. The highest BCUT2D eigenvalue weighted by Crippen LogP contribution is 2.62. The van der Waals surface area contributed by atoms with Crippen LogP contribution in [0, 0.1) is 5.92 Å². The van der Waals surface area contributed by atoms with Crippen molar-refractivity contribution < 1.29 is 8.78 Å². The summed E-state index contributed by atoms with van der Waals surface area (Å²) in [6, 6.07) is 14.8. The molecule has 0 N–H and O–H groups in total. The first-order valence-electron chi connectivity index (χ1n) is 10.5. The van der Waals surface area contributed by atoms with Gasteiger partial charge in [0.15, 0.2) is 0 Å². The zero-order chi connectivity index (χ0) is 20.5. The van der Waals surface area contributed by atoms with Crippen LogP contribution in [0.1, 0.15) is 65.2 Å². The van der Waals surface area contributed by atoms with Crippen LogP contribution in [0.5, 0.6) is 0 Å². The third kappa shape index (κ3) is 5.51. The van der Waals surface area contributed by atoms with Crippen LogP contribution in [-0.4, -0.2) is 5.66 Å². The van der Waals surface area contributed by atoms with Crippen molar-refractivity contribution in [1.29, 1.82) is 0 Å². The maximum absolute atomic E-state index is 15.9. The summed E-state index contributed by atoms with van der Waals surface area (Å²) in [6.07, 6.45) is 8.52.